The molecule has 0 bridgehead atoms. The normalized spacial score (nSPS) is 12.5. The summed E-state index contributed by atoms with van der Waals surface area (Å²) in [6.07, 6.45) is 0.370. The fourth-order valence-electron chi connectivity index (χ4n) is 2.07. The summed E-state index contributed by atoms with van der Waals surface area (Å²) in [5, 5.41) is 13.5. The summed E-state index contributed by atoms with van der Waals surface area (Å²) in [4.78, 5) is 24.9. The summed E-state index contributed by atoms with van der Waals surface area (Å²) >= 11 is 0. The number of aliphatic carboxylic acids is 1. The SMILES string of the molecule is CCC(C(=O)O)N(C)C(=O)c1cc(C(C)C)nn1CC. The number of likely N-dealkylation sites (N-methyl/N-ethyl adjacent to an activating group) is 1. The zero-order valence-electron chi connectivity index (χ0n) is 12.8. The van der Waals surface area contributed by atoms with Gasteiger partial charge in [0.25, 0.3) is 5.91 Å². The van der Waals surface area contributed by atoms with E-state index in [1.165, 1.54) is 11.9 Å². The smallest absolute Gasteiger partial charge is 0.326 e. The van der Waals surface area contributed by atoms with Crippen LogP contribution in [0, 0.1) is 0 Å². The standard InChI is InChI=1S/C14H23N3O3/c1-6-11(14(19)20)16(5)13(18)12-8-10(9(3)4)15-17(12)7-2/h8-9,11H,6-7H2,1-5H3,(H,19,20). The first-order chi connectivity index (χ1) is 9.33. The molecule has 1 N–H and O–H groups in total. The summed E-state index contributed by atoms with van der Waals surface area (Å²) in [5.41, 5.74) is 1.28. The molecule has 0 fully saturated rings. The van der Waals surface area contributed by atoms with Crippen molar-refractivity contribution in [2.45, 2.75) is 52.6 Å². The molecule has 0 saturated heterocycles. The number of rotatable bonds is 6. The molecule has 0 radical (unpaired) electrons. The Morgan fingerprint density at radius 2 is 2.00 bits per heavy atom. The van der Waals surface area contributed by atoms with Crippen molar-refractivity contribution < 1.29 is 14.7 Å². The van der Waals surface area contributed by atoms with E-state index < -0.39 is 12.0 Å². The zero-order valence-corrected chi connectivity index (χ0v) is 12.8. The molecule has 0 aliphatic heterocycles. The molecule has 0 spiro atoms. The van der Waals surface area contributed by atoms with Crippen LogP contribution in [0.15, 0.2) is 6.07 Å². The van der Waals surface area contributed by atoms with E-state index in [2.05, 4.69) is 5.10 Å². The van der Waals surface area contributed by atoms with Crippen molar-refractivity contribution in [2.24, 2.45) is 0 Å². The largest absolute Gasteiger partial charge is 0.480 e. The van der Waals surface area contributed by atoms with Crippen molar-refractivity contribution in [3.8, 4) is 0 Å². The predicted molar refractivity (Wildman–Crippen MR) is 75.8 cm³/mol. The lowest BCUT2D eigenvalue weighted by atomic mass is 10.1. The lowest BCUT2D eigenvalue weighted by molar-refractivity contribution is -0.142. The summed E-state index contributed by atoms with van der Waals surface area (Å²) in [5.74, 6) is -1.07. The number of hydrogen-bond donors (Lipinski definition) is 1. The van der Waals surface area contributed by atoms with E-state index in [0.717, 1.165) is 5.69 Å². The number of aromatic nitrogens is 2. The second kappa shape index (κ2) is 6.54. The average Bonchev–Trinajstić information content (AvgIpc) is 2.82. The fraction of sp³-hybridized carbons (Fsp3) is 0.643. The second-order valence-electron chi connectivity index (χ2n) is 5.10. The number of hydrogen-bond acceptors (Lipinski definition) is 3. The maximum absolute atomic E-state index is 12.5. The summed E-state index contributed by atoms with van der Waals surface area (Å²) < 4.78 is 1.63. The van der Waals surface area contributed by atoms with Crippen LogP contribution in [0.3, 0.4) is 0 Å². The zero-order chi connectivity index (χ0) is 15.4. The van der Waals surface area contributed by atoms with Crippen LogP contribution in [0.25, 0.3) is 0 Å². The van der Waals surface area contributed by atoms with Gasteiger partial charge in [-0.3, -0.25) is 9.48 Å². The molecule has 1 aromatic rings. The molecule has 0 aromatic carbocycles. The third-order valence-electron chi connectivity index (χ3n) is 3.37. The van der Waals surface area contributed by atoms with Gasteiger partial charge in [-0.2, -0.15) is 5.10 Å². The van der Waals surface area contributed by atoms with Gasteiger partial charge in [0.05, 0.1) is 5.69 Å². The molecule has 1 amide bonds. The molecule has 1 rings (SSSR count). The maximum Gasteiger partial charge on any atom is 0.326 e. The lowest BCUT2D eigenvalue weighted by Gasteiger charge is -2.23. The first-order valence-electron chi connectivity index (χ1n) is 6.91. The minimum Gasteiger partial charge on any atom is -0.480 e. The maximum atomic E-state index is 12.5. The molecule has 1 atom stereocenters. The molecule has 1 aromatic heterocycles. The van der Waals surface area contributed by atoms with Crippen molar-refractivity contribution in [3.05, 3.63) is 17.5 Å². The Kier molecular flexibility index (Phi) is 5.30. The highest BCUT2D eigenvalue weighted by Crippen LogP contribution is 2.17. The monoisotopic (exact) mass is 281 g/mol. The highest BCUT2D eigenvalue weighted by molar-refractivity contribution is 5.95. The highest BCUT2D eigenvalue weighted by atomic mass is 16.4. The van der Waals surface area contributed by atoms with Crippen molar-refractivity contribution in [3.63, 3.8) is 0 Å². The molecule has 6 heteroatoms. The third-order valence-corrected chi connectivity index (χ3v) is 3.37. The Morgan fingerprint density at radius 1 is 1.40 bits per heavy atom. The Bertz CT molecular complexity index is 494. The molecule has 6 nitrogen and oxygen atoms in total. The lowest BCUT2D eigenvalue weighted by Crippen LogP contribution is -2.42. The van der Waals surface area contributed by atoms with Crippen LogP contribution in [0.1, 0.15) is 56.2 Å². The van der Waals surface area contributed by atoms with Crippen LogP contribution in [0.5, 0.6) is 0 Å². The number of nitrogens with zero attached hydrogens (tertiary/aromatic N) is 3. The molecule has 0 aliphatic carbocycles. The van der Waals surface area contributed by atoms with Gasteiger partial charge >= 0.3 is 5.97 Å². The van der Waals surface area contributed by atoms with Gasteiger partial charge in [0.2, 0.25) is 0 Å². The molecule has 20 heavy (non-hydrogen) atoms. The van der Waals surface area contributed by atoms with Crippen molar-refractivity contribution in [2.75, 3.05) is 7.05 Å². The highest BCUT2D eigenvalue weighted by Gasteiger charge is 2.28. The van der Waals surface area contributed by atoms with Crippen LogP contribution in [-0.2, 0) is 11.3 Å². The number of carboxylic acid groups (broad SMARTS) is 1. The van der Waals surface area contributed by atoms with E-state index in [9.17, 15) is 9.59 Å². The quantitative estimate of drug-likeness (QED) is 0.865. The van der Waals surface area contributed by atoms with Gasteiger partial charge in [-0.05, 0) is 25.3 Å². The van der Waals surface area contributed by atoms with E-state index in [4.69, 9.17) is 5.11 Å². The predicted octanol–water partition coefficient (Wildman–Crippen LogP) is 1.96. The van der Waals surface area contributed by atoms with Crippen molar-refractivity contribution in [1.82, 2.24) is 14.7 Å². The van der Waals surface area contributed by atoms with Gasteiger partial charge in [0, 0.05) is 13.6 Å². The van der Waals surface area contributed by atoms with E-state index >= 15 is 0 Å². The number of carbonyl (C=O) groups is 2. The van der Waals surface area contributed by atoms with E-state index in [1.807, 2.05) is 20.8 Å². The fourth-order valence-corrected chi connectivity index (χ4v) is 2.07. The summed E-state index contributed by atoms with van der Waals surface area (Å²) in [6.45, 7) is 8.24. The van der Waals surface area contributed by atoms with Crippen LogP contribution in [-0.4, -0.2) is 44.8 Å². The molecule has 0 saturated carbocycles. The Hall–Kier alpha value is -1.85. The number of amides is 1. The first-order valence-corrected chi connectivity index (χ1v) is 6.91. The van der Waals surface area contributed by atoms with Crippen LogP contribution in [0.4, 0.5) is 0 Å². The minimum absolute atomic E-state index is 0.223. The van der Waals surface area contributed by atoms with Crippen LogP contribution in [0.2, 0.25) is 0 Å². The molecular formula is C14H23N3O3. The van der Waals surface area contributed by atoms with Gasteiger partial charge < -0.3 is 10.0 Å². The van der Waals surface area contributed by atoms with Gasteiger partial charge in [-0.25, -0.2) is 4.79 Å². The third kappa shape index (κ3) is 3.18. The Morgan fingerprint density at radius 3 is 2.40 bits per heavy atom. The molecule has 0 aliphatic rings. The van der Waals surface area contributed by atoms with Crippen molar-refractivity contribution in [1.29, 1.82) is 0 Å². The second-order valence-corrected chi connectivity index (χ2v) is 5.10. The van der Waals surface area contributed by atoms with E-state index in [1.54, 1.807) is 17.7 Å². The van der Waals surface area contributed by atoms with Crippen LogP contribution < -0.4 is 0 Å². The number of carboxylic acids is 1. The number of aryl methyl sites for hydroxylation is 1. The molecule has 1 heterocycles. The van der Waals surface area contributed by atoms with Crippen molar-refractivity contribution >= 4 is 11.9 Å². The molecule has 1 unspecified atom stereocenters. The van der Waals surface area contributed by atoms with Crippen LogP contribution >= 0.6 is 0 Å². The first kappa shape index (κ1) is 16.2. The number of carbonyl (C=O) groups excluding carboxylic acids is 1. The average molecular weight is 281 g/mol. The summed E-state index contributed by atoms with van der Waals surface area (Å²) in [7, 11) is 1.52. The van der Waals surface area contributed by atoms with Gasteiger partial charge in [-0.1, -0.05) is 20.8 Å². The summed E-state index contributed by atoms with van der Waals surface area (Å²) in [6, 6.07) is 0.937. The Balaban J connectivity index is 3.10. The topological polar surface area (TPSA) is 75.4 Å². The van der Waals surface area contributed by atoms with Gasteiger partial charge in [0.15, 0.2) is 0 Å². The van der Waals surface area contributed by atoms with E-state index in [0.29, 0.717) is 18.7 Å². The van der Waals surface area contributed by atoms with Gasteiger partial charge in [0.1, 0.15) is 11.7 Å². The Labute approximate surface area is 119 Å². The molecular weight excluding hydrogens is 258 g/mol. The van der Waals surface area contributed by atoms with Gasteiger partial charge in [-0.15, -0.1) is 0 Å². The minimum atomic E-state index is -0.991. The molecule has 112 valence electrons. The van der Waals surface area contributed by atoms with E-state index in [-0.39, 0.29) is 11.8 Å².